The van der Waals surface area contributed by atoms with Gasteiger partial charge in [-0.1, -0.05) is 27.7 Å². The number of rotatable bonds is 5. The normalized spacial score (nSPS) is 26.1. The lowest BCUT2D eigenvalue weighted by atomic mass is 9.66. The number of hydrogen-bond acceptors (Lipinski definition) is 2. The van der Waals surface area contributed by atoms with E-state index in [9.17, 15) is 0 Å². The van der Waals surface area contributed by atoms with Gasteiger partial charge in [0.1, 0.15) is 0 Å². The standard InChI is InChI=1S/C17H28BrNS/c1-12(2)19-11-13-5-7-17(3,4)10-14(13)9-16-15(18)6-8-20-16/h6,8,12-14,19H,5,7,9-11H2,1-4H3. The SMILES string of the molecule is CC(C)NCC1CCC(C)(C)CC1Cc1sccc1Br. The van der Waals surface area contributed by atoms with Crippen LogP contribution in [0.3, 0.4) is 0 Å². The van der Waals surface area contributed by atoms with Gasteiger partial charge >= 0.3 is 0 Å². The Hall–Kier alpha value is 0.140. The fourth-order valence-corrected chi connectivity index (χ4v) is 5.00. The predicted molar refractivity (Wildman–Crippen MR) is 93.5 cm³/mol. The molecule has 3 heteroatoms. The van der Waals surface area contributed by atoms with Gasteiger partial charge in [-0.05, 0) is 76.9 Å². The molecule has 0 radical (unpaired) electrons. The van der Waals surface area contributed by atoms with E-state index in [1.54, 1.807) is 0 Å². The molecule has 0 aliphatic heterocycles. The molecule has 1 nitrogen and oxygen atoms in total. The average Bonchev–Trinajstić information content (AvgIpc) is 2.73. The third-order valence-corrected chi connectivity index (χ3v) is 6.55. The summed E-state index contributed by atoms with van der Waals surface area (Å²) >= 11 is 5.60. The Morgan fingerprint density at radius 2 is 2.15 bits per heavy atom. The largest absolute Gasteiger partial charge is 0.314 e. The molecule has 1 N–H and O–H groups in total. The van der Waals surface area contributed by atoms with E-state index in [0.717, 1.165) is 11.8 Å². The Bertz CT molecular complexity index is 422. The maximum atomic E-state index is 3.70. The fourth-order valence-electron chi connectivity index (χ4n) is 3.39. The Kier molecular flexibility index (Phi) is 5.72. The van der Waals surface area contributed by atoms with Crippen LogP contribution in [-0.2, 0) is 6.42 Å². The van der Waals surface area contributed by atoms with Crippen LogP contribution in [0.15, 0.2) is 15.9 Å². The molecule has 1 aromatic heterocycles. The van der Waals surface area contributed by atoms with Crippen molar-refractivity contribution >= 4 is 27.3 Å². The van der Waals surface area contributed by atoms with E-state index in [2.05, 4.69) is 60.4 Å². The molecule has 2 atom stereocenters. The Balaban J connectivity index is 2.04. The van der Waals surface area contributed by atoms with E-state index < -0.39 is 0 Å². The maximum Gasteiger partial charge on any atom is 0.0314 e. The van der Waals surface area contributed by atoms with E-state index in [1.165, 1.54) is 41.6 Å². The molecule has 0 spiro atoms. The smallest absolute Gasteiger partial charge is 0.0314 e. The molecule has 20 heavy (non-hydrogen) atoms. The van der Waals surface area contributed by atoms with Crippen molar-refractivity contribution in [1.29, 1.82) is 0 Å². The van der Waals surface area contributed by atoms with E-state index in [-0.39, 0.29) is 0 Å². The van der Waals surface area contributed by atoms with Gasteiger partial charge in [-0.25, -0.2) is 0 Å². The molecule has 1 fully saturated rings. The van der Waals surface area contributed by atoms with Gasteiger partial charge in [0.05, 0.1) is 0 Å². The number of nitrogens with one attached hydrogen (secondary N) is 1. The molecule has 1 aliphatic carbocycles. The summed E-state index contributed by atoms with van der Waals surface area (Å²) in [5.41, 5.74) is 0.517. The van der Waals surface area contributed by atoms with Crippen LogP contribution in [0.4, 0.5) is 0 Å². The summed E-state index contributed by atoms with van der Waals surface area (Å²) in [5, 5.41) is 5.86. The van der Waals surface area contributed by atoms with Gasteiger partial charge in [-0.3, -0.25) is 0 Å². The van der Waals surface area contributed by atoms with Crippen LogP contribution in [0, 0.1) is 17.3 Å². The van der Waals surface area contributed by atoms with Crippen LogP contribution >= 0.6 is 27.3 Å². The highest BCUT2D eigenvalue weighted by atomic mass is 79.9. The van der Waals surface area contributed by atoms with E-state index in [1.807, 2.05) is 11.3 Å². The van der Waals surface area contributed by atoms with Gasteiger partial charge in [-0.2, -0.15) is 0 Å². The molecule has 1 saturated carbocycles. The Morgan fingerprint density at radius 3 is 2.75 bits per heavy atom. The van der Waals surface area contributed by atoms with Crippen molar-refractivity contribution in [2.24, 2.45) is 17.3 Å². The zero-order valence-corrected chi connectivity index (χ0v) is 15.6. The van der Waals surface area contributed by atoms with E-state index >= 15 is 0 Å². The van der Waals surface area contributed by atoms with Gasteiger partial charge in [0, 0.05) is 15.4 Å². The van der Waals surface area contributed by atoms with Gasteiger partial charge < -0.3 is 5.32 Å². The zero-order valence-electron chi connectivity index (χ0n) is 13.2. The monoisotopic (exact) mass is 357 g/mol. The summed E-state index contributed by atoms with van der Waals surface area (Å²) in [6, 6.07) is 2.79. The van der Waals surface area contributed by atoms with Gasteiger partial charge in [-0.15, -0.1) is 11.3 Å². The second-order valence-electron chi connectivity index (χ2n) is 7.39. The van der Waals surface area contributed by atoms with Crippen molar-refractivity contribution in [3.63, 3.8) is 0 Å². The van der Waals surface area contributed by atoms with Gasteiger partial charge in [0.2, 0.25) is 0 Å². The molecule has 114 valence electrons. The van der Waals surface area contributed by atoms with Gasteiger partial charge in [0.15, 0.2) is 0 Å². The molecule has 1 aromatic rings. The van der Waals surface area contributed by atoms with Crippen molar-refractivity contribution in [3.05, 3.63) is 20.8 Å². The minimum absolute atomic E-state index is 0.517. The second-order valence-corrected chi connectivity index (χ2v) is 9.24. The van der Waals surface area contributed by atoms with Crippen molar-refractivity contribution in [3.8, 4) is 0 Å². The second kappa shape index (κ2) is 6.93. The number of hydrogen-bond donors (Lipinski definition) is 1. The third-order valence-electron chi connectivity index (χ3n) is 4.60. The highest BCUT2D eigenvalue weighted by Crippen LogP contribution is 2.44. The van der Waals surface area contributed by atoms with Crippen molar-refractivity contribution in [1.82, 2.24) is 5.32 Å². The van der Waals surface area contributed by atoms with Crippen LogP contribution in [-0.4, -0.2) is 12.6 Å². The summed E-state index contributed by atoms with van der Waals surface area (Å²) in [5.74, 6) is 1.65. The van der Waals surface area contributed by atoms with Crippen LogP contribution < -0.4 is 5.32 Å². The number of halogens is 1. The summed E-state index contributed by atoms with van der Waals surface area (Å²) in [6.07, 6.45) is 5.35. The third kappa shape index (κ3) is 4.57. The van der Waals surface area contributed by atoms with Gasteiger partial charge in [0.25, 0.3) is 0 Å². The fraction of sp³-hybridized carbons (Fsp3) is 0.765. The Labute approximate surface area is 136 Å². The van der Waals surface area contributed by atoms with Crippen LogP contribution in [0.25, 0.3) is 0 Å². The molecule has 0 saturated heterocycles. The van der Waals surface area contributed by atoms with Crippen LogP contribution in [0.2, 0.25) is 0 Å². The highest BCUT2D eigenvalue weighted by Gasteiger charge is 2.35. The molecule has 0 amide bonds. The van der Waals surface area contributed by atoms with E-state index in [4.69, 9.17) is 0 Å². The summed E-state index contributed by atoms with van der Waals surface area (Å²) in [4.78, 5) is 1.53. The lowest BCUT2D eigenvalue weighted by Gasteiger charge is -2.41. The zero-order chi connectivity index (χ0) is 14.8. The summed E-state index contributed by atoms with van der Waals surface area (Å²) in [6.45, 7) is 10.6. The van der Waals surface area contributed by atoms with Crippen LogP contribution in [0.5, 0.6) is 0 Å². The molecule has 0 bridgehead atoms. The molecular formula is C17H28BrNS. The van der Waals surface area contributed by atoms with Crippen molar-refractivity contribution in [2.75, 3.05) is 6.54 Å². The first-order chi connectivity index (χ1) is 9.37. The lowest BCUT2D eigenvalue weighted by Crippen LogP contribution is -2.38. The molecule has 2 unspecified atom stereocenters. The first-order valence-electron chi connectivity index (χ1n) is 7.82. The summed E-state index contributed by atoms with van der Waals surface area (Å²) < 4.78 is 1.31. The molecule has 1 aliphatic rings. The minimum atomic E-state index is 0.517. The maximum absolute atomic E-state index is 3.70. The molecule has 0 aromatic carbocycles. The van der Waals surface area contributed by atoms with Crippen LogP contribution in [0.1, 0.15) is 51.8 Å². The topological polar surface area (TPSA) is 12.0 Å². The Morgan fingerprint density at radius 1 is 1.40 bits per heavy atom. The number of thiophene rings is 1. The quantitative estimate of drug-likeness (QED) is 0.733. The first-order valence-corrected chi connectivity index (χ1v) is 9.50. The molecular weight excluding hydrogens is 330 g/mol. The predicted octanol–water partition coefficient (Wildman–Crippen LogP) is 5.49. The van der Waals surface area contributed by atoms with E-state index in [0.29, 0.717) is 11.5 Å². The highest BCUT2D eigenvalue weighted by molar-refractivity contribution is 9.10. The molecule has 2 rings (SSSR count). The minimum Gasteiger partial charge on any atom is -0.314 e. The first kappa shape index (κ1) is 16.5. The summed E-state index contributed by atoms with van der Waals surface area (Å²) in [7, 11) is 0. The molecule has 1 heterocycles. The lowest BCUT2D eigenvalue weighted by molar-refractivity contribution is 0.115. The van der Waals surface area contributed by atoms with Crippen molar-refractivity contribution < 1.29 is 0 Å². The van der Waals surface area contributed by atoms with Crippen molar-refractivity contribution in [2.45, 2.75) is 59.4 Å². The average molecular weight is 358 g/mol.